The Morgan fingerprint density at radius 1 is 1.40 bits per heavy atom. The molecular weight excluding hydrogens is 399 g/mol. The van der Waals surface area contributed by atoms with Crippen molar-refractivity contribution in [1.29, 1.82) is 0 Å². The average molecular weight is 413 g/mol. The number of rotatable bonds is 6. The van der Waals surface area contributed by atoms with E-state index in [4.69, 9.17) is 40.2 Å². The molecule has 0 saturated carbocycles. The molecule has 0 aliphatic carbocycles. The standard InChI is InChI=1S/C16H14Cl2N4OS2/c1-2-23-15-12(17)6-10(7-13(15)18)9-19-22-14(20-21-16(22)24)8-11-4-3-5-25-11/h3-7,9H,2,8H2,1H3,(H,21,24)/b19-9-. The second-order valence-electron chi connectivity index (χ2n) is 5.00. The average Bonchev–Trinajstić information content (AvgIpc) is 3.20. The second kappa shape index (κ2) is 8.14. The molecule has 0 saturated heterocycles. The van der Waals surface area contributed by atoms with E-state index >= 15 is 0 Å². The van der Waals surface area contributed by atoms with Crippen molar-refractivity contribution in [3.63, 3.8) is 0 Å². The van der Waals surface area contributed by atoms with Crippen LogP contribution in [0.5, 0.6) is 5.75 Å². The van der Waals surface area contributed by atoms with Crippen molar-refractivity contribution in [2.45, 2.75) is 13.3 Å². The molecule has 3 rings (SSSR count). The Morgan fingerprint density at radius 3 is 2.80 bits per heavy atom. The summed E-state index contributed by atoms with van der Waals surface area (Å²) in [5.74, 6) is 1.20. The van der Waals surface area contributed by atoms with Crippen LogP contribution < -0.4 is 4.74 Å². The summed E-state index contributed by atoms with van der Waals surface area (Å²) in [5.41, 5.74) is 0.739. The predicted molar refractivity (Wildman–Crippen MR) is 105 cm³/mol. The molecule has 1 N–H and O–H groups in total. The van der Waals surface area contributed by atoms with Gasteiger partial charge in [0.25, 0.3) is 0 Å². The molecule has 1 aromatic carbocycles. The molecule has 25 heavy (non-hydrogen) atoms. The first-order valence-corrected chi connectivity index (χ1v) is 9.47. The van der Waals surface area contributed by atoms with Crippen molar-refractivity contribution >= 4 is 53.0 Å². The van der Waals surface area contributed by atoms with E-state index in [1.54, 1.807) is 34.4 Å². The summed E-state index contributed by atoms with van der Waals surface area (Å²) in [4.78, 5) is 1.18. The number of nitrogens with one attached hydrogen (secondary N) is 1. The van der Waals surface area contributed by atoms with Gasteiger partial charge in [-0.2, -0.15) is 14.9 Å². The molecule has 0 unspecified atom stereocenters. The fourth-order valence-corrected chi connectivity index (χ4v) is 3.70. The van der Waals surface area contributed by atoms with Crippen LogP contribution in [0.4, 0.5) is 0 Å². The van der Waals surface area contributed by atoms with E-state index < -0.39 is 0 Å². The van der Waals surface area contributed by atoms with Crippen LogP contribution in [0, 0.1) is 4.77 Å². The van der Waals surface area contributed by atoms with Crippen LogP contribution in [0.3, 0.4) is 0 Å². The maximum absolute atomic E-state index is 6.22. The topological polar surface area (TPSA) is 55.2 Å². The summed E-state index contributed by atoms with van der Waals surface area (Å²) in [7, 11) is 0. The Bertz CT molecular complexity index is 924. The van der Waals surface area contributed by atoms with Crippen LogP contribution >= 0.6 is 46.8 Å². The summed E-state index contributed by atoms with van der Waals surface area (Å²) < 4.78 is 7.44. The van der Waals surface area contributed by atoms with Gasteiger partial charge in [0.1, 0.15) is 0 Å². The number of H-pyrrole nitrogens is 1. The molecule has 2 aromatic heterocycles. The van der Waals surface area contributed by atoms with E-state index in [-0.39, 0.29) is 0 Å². The predicted octanol–water partition coefficient (Wildman–Crippen LogP) is 5.18. The van der Waals surface area contributed by atoms with E-state index in [9.17, 15) is 0 Å². The van der Waals surface area contributed by atoms with Crippen LogP contribution in [0.25, 0.3) is 0 Å². The van der Waals surface area contributed by atoms with Crippen LogP contribution in [-0.4, -0.2) is 27.7 Å². The maximum Gasteiger partial charge on any atom is 0.216 e. The monoisotopic (exact) mass is 412 g/mol. The molecule has 0 fully saturated rings. The Labute approximate surface area is 163 Å². The molecule has 0 radical (unpaired) electrons. The molecule has 3 aromatic rings. The molecule has 9 heteroatoms. The molecular formula is C16H14Cl2N4OS2. The molecule has 0 atom stereocenters. The van der Waals surface area contributed by atoms with Crippen LogP contribution in [-0.2, 0) is 6.42 Å². The minimum Gasteiger partial charge on any atom is -0.491 e. The zero-order chi connectivity index (χ0) is 17.8. The normalized spacial score (nSPS) is 11.3. The number of aromatic nitrogens is 3. The fourth-order valence-electron chi connectivity index (χ4n) is 2.19. The highest BCUT2D eigenvalue weighted by molar-refractivity contribution is 7.71. The molecule has 5 nitrogen and oxygen atoms in total. The summed E-state index contributed by atoms with van der Waals surface area (Å²) >= 11 is 19.3. The van der Waals surface area contributed by atoms with Gasteiger partial charge in [0.2, 0.25) is 4.77 Å². The van der Waals surface area contributed by atoms with E-state index in [0.29, 0.717) is 33.6 Å². The first-order chi connectivity index (χ1) is 12.1. The lowest BCUT2D eigenvalue weighted by Crippen LogP contribution is -2.00. The Morgan fingerprint density at radius 2 is 2.16 bits per heavy atom. The number of hydrogen-bond donors (Lipinski definition) is 1. The van der Waals surface area contributed by atoms with Crippen molar-refractivity contribution in [3.8, 4) is 5.75 Å². The first kappa shape index (κ1) is 18.1. The highest BCUT2D eigenvalue weighted by Gasteiger charge is 2.10. The van der Waals surface area contributed by atoms with E-state index in [1.165, 1.54) is 4.88 Å². The van der Waals surface area contributed by atoms with Gasteiger partial charge in [-0.25, -0.2) is 0 Å². The molecule has 0 bridgehead atoms. The largest absolute Gasteiger partial charge is 0.491 e. The molecule has 0 aliphatic rings. The van der Waals surface area contributed by atoms with Crippen LogP contribution in [0.2, 0.25) is 10.0 Å². The van der Waals surface area contributed by atoms with Gasteiger partial charge in [0.05, 0.1) is 22.9 Å². The van der Waals surface area contributed by atoms with Gasteiger partial charge in [-0.3, -0.25) is 5.10 Å². The highest BCUT2D eigenvalue weighted by atomic mass is 35.5. The third-order valence-corrected chi connectivity index (χ3v) is 4.96. The second-order valence-corrected chi connectivity index (χ2v) is 7.24. The maximum atomic E-state index is 6.22. The Kier molecular flexibility index (Phi) is 5.90. The lowest BCUT2D eigenvalue weighted by atomic mass is 10.2. The third-order valence-electron chi connectivity index (χ3n) is 3.26. The molecule has 130 valence electrons. The van der Waals surface area contributed by atoms with Gasteiger partial charge in [-0.1, -0.05) is 29.3 Å². The lowest BCUT2D eigenvalue weighted by Gasteiger charge is -2.08. The van der Waals surface area contributed by atoms with Crippen molar-refractivity contribution in [2.75, 3.05) is 6.61 Å². The van der Waals surface area contributed by atoms with Crippen molar-refractivity contribution in [1.82, 2.24) is 14.9 Å². The van der Waals surface area contributed by atoms with Crippen molar-refractivity contribution < 1.29 is 4.74 Å². The van der Waals surface area contributed by atoms with E-state index in [2.05, 4.69) is 15.3 Å². The minimum absolute atomic E-state index is 0.422. The van der Waals surface area contributed by atoms with E-state index in [1.807, 2.05) is 24.4 Å². The summed E-state index contributed by atoms with van der Waals surface area (Å²) in [6, 6.07) is 7.52. The lowest BCUT2D eigenvalue weighted by molar-refractivity contribution is 0.340. The molecule has 2 heterocycles. The summed E-state index contributed by atoms with van der Waals surface area (Å²) in [6.07, 6.45) is 2.28. The number of nitrogens with zero attached hydrogens (tertiary/aromatic N) is 3. The number of aromatic amines is 1. The number of halogens is 2. The quantitative estimate of drug-likeness (QED) is 0.448. The van der Waals surface area contributed by atoms with Crippen molar-refractivity contribution in [3.05, 3.63) is 60.7 Å². The molecule has 0 spiro atoms. The minimum atomic E-state index is 0.422. The fraction of sp³-hybridized carbons (Fsp3) is 0.188. The zero-order valence-electron chi connectivity index (χ0n) is 13.2. The van der Waals surface area contributed by atoms with Crippen molar-refractivity contribution in [2.24, 2.45) is 5.10 Å². The number of hydrogen-bond acceptors (Lipinski definition) is 5. The van der Waals surface area contributed by atoms with Crippen LogP contribution in [0.1, 0.15) is 23.2 Å². The van der Waals surface area contributed by atoms with Gasteiger partial charge in [-0.15, -0.1) is 11.3 Å². The number of benzene rings is 1. The van der Waals surface area contributed by atoms with E-state index in [0.717, 1.165) is 11.4 Å². The van der Waals surface area contributed by atoms with Gasteiger partial charge < -0.3 is 4.74 Å². The summed E-state index contributed by atoms with van der Waals surface area (Å²) in [6.45, 7) is 2.36. The van der Waals surface area contributed by atoms with Gasteiger partial charge in [-0.05, 0) is 48.3 Å². The zero-order valence-corrected chi connectivity index (χ0v) is 16.3. The first-order valence-electron chi connectivity index (χ1n) is 7.43. The molecule has 0 aliphatic heterocycles. The van der Waals surface area contributed by atoms with Crippen LogP contribution in [0.15, 0.2) is 34.7 Å². The van der Waals surface area contributed by atoms with Gasteiger partial charge in [0, 0.05) is 11.3 Å². The number of ether oxygens (including phenoxy) is 1. The highest BCUT2D eigenvalue weighted by Crippen LogP contribution is 2.33. The Hall–Kier alpha value is -1.67. The molecule has 0 amide bonds. The SMILES string of the molecule is CCOc1c(Cl)cc(/C=N\n2c(Cc3cccs3)n[nH]c2=S)cc1Cl. The smallest absolute Gasteiger partial charge is 0.216 e. The third kappa shape index (κ3) is 4.30. The van der Waals surface area contributed by atoms with Gasteiger partial charge in [0.15, 0.2) is 11.6 Å². The summed E-state index contributed by atoms with van der Waals surface area (Å²) in [5, 5.41) is 14.3. The number of thiophene rings is 1. The Balaban J connectivity index is 1.87. The van der Waals surface area contributed by atoms with Gasteiger partial charge >= 0.3 is 0 Å².